The Labute approximate surface area is 329 Å². The Morgan fingerprint density at radius 2 is 0.879 bits per heavy atom. The van der Waals surface area contributed by atoms with E-state index >= 15 is 0 Å². The molecule has 0 radical (unpaired) electrons. The summed E-state index contributed by atoms with van der Waals surface area (Å²) in [6.07, 6.45) is 11.4. The van der Waals surface area contributed by atoms with Gasteiger partial charge in [-0.2, -0.15) is 0 Å². The van der Waals surface area contributed by atoms with Crippen LogP contribution in [-0.2, 0) is 0 Å². The van der Waals surface area contributed by atoms with Crippen LogP contribution in [0.5, 0.6) is 0 Å². The molecule has 13 rings (SSSR count). The van der Waals surface area contributed by atoms with Gasteiger partial charge < -0.3 is 18.0 Å². The molecule has 0 bridgehead atoms. The lowest BCUT2D eigenvalue weighted by Gasteiger charge is -2.11. The van der Waals surface area contributed by atoms with E-state index < -0.39 is 0 Å². The number of aromatic nitrogens is 5. The van der Waals surface area contributed by atoms with Gasteiger partial charge >= 0.3 is 0 Å². The second-order valence-electron chi connectivity index (χ2n) is 14.9. The minimum atomic E-state index is 0.843. The lowest BCUT2D eigenvalue weighted by atomic mass is 10.0. The van der Waals surface area contributed by atoms with Crippen LogP contribution in [0.4, 0.5) is 0 Å². The number of nitrogens with zero attached hydrogens (tertiary/aromatic N) is 5. The molecule has 0 N–H and O–H groups in total. The molecule has 0 fully saturated rings. The van der Waals surface area contributed by atoms with E-state index in [-0.39, 0.29) is 0 Å². The van der Waals surface area contributed by atoms with E-state index in [0.717, 1.165) is 121 Å². The summed E-state index contributed by atoms with van der Waals surface area (Å²) < 4.78 is 17.8. The van der Waals surface area contributed by atoms with Crippen LogP contribution in [-0.4, -0.2) is 24.1 Å². The van der Waals surface area contributed by atoms with Crippen LogP contribution in [0.25, 0.3) is 121 Å². The van der Waals surface area contributed by atoms with Gasteiger partial charge in [0.25, 0.3) is 0 Å². The molecule has 0 amide bonds. The molecule has 0 aliphatic rings. The van der Waals surface area contributed by atoms with Crippen LogP contribution in [0.2, 0.25) is 0 Å². The van der Waals surface area contributed by atoms with Crippen molar-refractivity contribution in [2.24, 2.45) is 0 Å². The number of fused-ring (bicyclic) bond motifs is 12. The molecule has 7 heteroatoms. The maximum atomic E-state index is 6.71. The highest BCUT2D eigenvalue weighted by Gasteiger charge is 2.19. The van der Waals surface area contributed by atoms with E-state index in [0.29, 0.717) is 0 Å². The van der Waals surface area contributed by atoms with Crippen molar-refractivity contribution in [2.75, 3.05) is 0 Å². The van der Waals surface area contributed by atoms with Crippen molar-refractivity contribution in [1.29, 1.82) is 0 Å². The van der Waals surface area contributed by atoms with Crippen molar-refractivity contribution < 1.29 is 8.83 Å². The maximum absolute atomic E-state index is 6.71. The van der Waals surface area contributed by atoms with Gasteiger partial charge in [-0.05, 0) is 77.9 Å². The highest BCUT2D eigenvalue weighted by Crippen LogP contribution is 2.42. The second kappa shape index (κ2) is 11.7. The minimum Gasteiger partial charge on any atom is -0.455 e. The highest BCUT2D eigenvalue weighted by molar-refractivity contribution is 6.14. The van der Waals surface area contributed by atoms with Gasteiger partial charge in [-0.25, -0.2) is 0 Å². The molecule has 7 heterocycles. The predicted octanol–water partition coefficient (Wildman–Crippen LogP) is 13.2. The molecule has 0 unspecified atom stereocenters. The fourth-order valence-corrected chi connectivity index (χ4v) is 9.24. The summed E-state index contributed by atoms with van der Waals surface area (Å²) in [7, 11) is 0. The smallest absolute Gasteiger partial charge is 0.143 e. The minimum absolute atomic E-state index is 0.843. The Bertz CT molecular complexity index is 3770. The van der Waals surface area contributed by atoms with Crippen molar-refractivity contribution in [1.82, 2.24) is 24.1 Å². The molecule has 58 heavy (non-hydrogen) atoms. The molecule has 6 aromatic carbocycles. The van der Waals surface area contributed by atoms with E-state index in [2.05, 4.69) is 151 Å². The fraction of sp³-hybridized carbons (Fsp3) is 0. The van der Waals surface area contributed by atoms with Gasteiger partial charge in [-0.15, -0.1) is 0 Å². The standard InChI is InChI=1S/C51H29N5O2/c1-2-13-48-36(8-1)37-11-4-10-35(50(37)57-48)31-14-16-44-39(25-31)41-27-52-21-18-45(41)55(44)32-7-3-6-30(24-32)34-9-5-12-38-40-26-33(15-17-49(40)58-51(34)38)56-46-19-22-53-28-42(46)43-29-54-23-20-47(43)56/h1-29H. The molecule has 7 aromatic heterocycles. The van der Waals surface area contributed by atoms with Gasteiger partial charge in [-0.1, -0.05) is 72.8 Å². The van der Waals surface area contributed by atoms with E-state index in [9.17, 15) is 0 Å². The Hall–Kier alpha value is -8.03. The molecule has 0 saturated heterocycles. The molecule has 0 spiro atoms. The number of hydrogen-bond acceptors (Lipinski definition) is 5. The zero-order valence-corrected chi connectivity index (χ0v) is 30.8. The summed E-state index contributed by atoms with van der Waals surface area (Å²) >= 11 is 0. The number of pyridine rings is 3. The van der Waals surface area contributed by atoms with Crippen molar-refractivity contribution >= 4 is 87.5 Å². The normalized spacial score (nSPS) is 12.1. The SMILES string of the molecule is c1cc(-c2cccc3c2oc2ccc(-n4c5ccncc5c5cnccc54)cc23)cc(-n2c3ccncc3c3cc(-c4cccc5c4oc4ccccc45)ccc32)c1. The van der Waals surface area contributed by atoms with Crippen LogP contribution < -0.4 is 0 Å². The summed E-state index contributed by atoms with van der Waals surface area (Å²) in [5.74, 6) is 0. The average Bonchev–Trinajstić information content (AvgIpc) is 4.04. The van der Waals surface area contributed by atoms with Crippen LogP contribution >= 0.6 is 0 Å². The first kappa shape index (κ1) is 31.2. The fourth-order valence-electron chi connectivity index (χ4n) is 9.24. The van der Waals surface area contributed by atoms with E-state index in [1.807, 2.05) is 49.3 Å². The van der Waals surface area contributed by atoms with Gasteiger partial charge in [0, 0.05) is 103 Å². The summed E-state index contributed by atoms with van der Waals surface area (Å²) in [4.78, 5) is 13.4. The highest BCUT2D eigenvalue weighted by atomic mass is 16.3. The van der Waals surface area contributed by atoms with Crippen molar-refractivity contribution in [3.63, 3.8) is 0 Å². The number of hydrogen-bond donors (Lipinski definition) is 0. The summed E-state index contributed by atoms with van der Waals surface area (Å²) in [5, 5.41) is 8.74. The molecule has 13 aromatic rings. The first-order chi connectivity index (χ1) is 28.8. The summed E-state index contributed by atoms with van der Waals surface area (Å²) in [5.41, 5.74) is 14.2. The number of furan rings is 2. The maximum Gasteiger partial charge on any atom is 0.143 e. The molecule has 0 aliphatic heterocycles. The predicted molar refractivity (Wildman–Crippen MR) is 234 cm³/mol. The average molecular weight is 744 g/mol. The van der Waals surface area contributed by atoms with E-state index in [4.69, 9.17) is 8.83 Å². The third kappa shape index (κ3) is 4.35. The van der Waals surface area contributed by atoms with Crippen LogP contribution in [0.15, 0.2) is 186 Å². The largest absolute Gasteiger partial charge is 0.455 e. The van der Waals surface area contributed by atoms with Gasteiger partial charge in [0.2, 0.25) is 0 Å². The van der Waals surface area contributed by atoms with Crippen LogP contribution in [0.1, 0.15) is 0 Å². The molecule has 0 atom stereocenters. The van der Waals surface area contributed by atoms with Crippen molar-refractivity contribution in [3.05, 3.63) is 177 Å². The molecular formula is C51H29N5O2. The first-order valence-electron chi connectivity index (χ1n) is 19.3. The van der Waals surface area contributed by atoms with Crippen molar-refractivity contribution in [3.8, 4) is 33.6 Å². The number of rotatable bonds is 4. The first-order valence-corrected chi connectivity index (χ1v) is 19.3. The molecule has 0 saturated carbocycles. The van der Waals surface area contributed by atoms with Gasteiger partial charge in [0.05, 0.1) is 22.1 Å². The van der Waals surface area contributed by atoms with Gasteiger partial charge in [0.1, 0.15) is 22.3 Å². The molecule has 270 valence electrons. The second-order valence-corrected chi connectivity index (χ2v) is 14.9. The monoisotopic (exact) mass is 743 g/mol. The Morgan fingerprint density at radius 1 is 0.345 bits per heavy atom. The third-order valence-electron chi connectivity index (χ3n) is 11.8. The number of benzene rings is 6. The molecule has 7 nitrogen and oxygen atoms in total. The lowest BCUT2D eigenvalue weighted by Crippen LogP contribution is -1.94. The molecule has 0 aliphatic carbocycles. The van der Waals surface area contributed by atoms with Gasteiger partial charge in [0.15, 0.2) is 0 Å². The van der Waals surface area contributed by atoms with E-state index in [1.54, 1.807) is 0 Å². The number of para-hydroxylation sites is 3. The molecular weight excluding hydrogens is 715 g/mol. The zero-order valence-electron chi connectivity index (χ0n) is 30.8. The Kier molecular flexibility index (Phi) is 6.32. The van der Waals surface area contributed by atoms with Crippen LogP contribution in [0, 0.1) is 0 Å². The topological polar surface area (TPSA) is 74.8 Å². The van der Waals surface area contributed by atoms with E-state index in [1.165, 1.54) is 0 Å². The lowest BCUT2D eigenvalue weighted by molar-refractivity contribution is 0.669. The Morgan fingerprint density at radius 3 is 1.57 bits per heavy atom. The summed E-state index contributed by atoms with van der Waals surface area (Å²) in [6.45, 7) is 0. The van der Waals surface area contributed by atoms with Crippen LogP contribution in [0.3, 0.4) is 0 Å². The summed E-state index contributed by atoms with van der Waals surface area (Å²) in [6, 6.07) is 49.2. The third-order valence-corrected chi connectivity index (χ3v) is 11.8. The van der Waals surface area contributed by atoms with Crippen molar-refractivity contribution in [2.45, 2.75) is 0 Å². The van der Waals surface area contributed by atoms with Gasteiger partial charge in [-0.3, -0.25) is 15.0 Å². The zero-order chi connectivity index (χ0) is 37.9. The Balaban J connectivity index is 0.952. The quantitative estimate of drug-likeness (QED) is 0.179.